The summed E-state index contributed by atoms with van der Waals surface area (Å²) in [6.07, 6.45) is -0.382. The molecule has 1 N–H and O–H groups in total. The van der Waals surface area contributed by atoms with Gasteiger partial charge in [0.05, 0.1) is 11.1 Å². The fourth-order valence-corrected chi connectivity index (χ4v) is 2.34. The Labute approximate surface area is 124 Å². The smallest absolute Gasteiger partial charge is 0.142 e. The molecule has 0 aliphatic carbocycles. The molecule has 1 atom stereocenters. The second kappa shape index (κ2) is 6.38. The van der Waals surface area contributed by atoms with Gasteiger partial charge >= 0.3 is 0 Å². The van der Waals surface area contributed by atoms with Gasteiger partial charge in [0.15, 0.2) is 0 Å². The van der Waals surface area contributed by atoms with E-state index in [-0.39, 0.29) is 5.02 Å². The van der Waals surface area contributed by atoms with Crippen LogP contribution < -0.4 is 0 Å². The highest BCUT2D eigenvalue weighted by Crippen LogP contribution is 2.26. The van der Waals surface area contributed by atoms with Crippen LogP contribution in [0.3, 0.4) is 0 Å². The molecule has 3 heteroatoms. The Kier molecular flexibility index (Phi) is 4.79. The van der Waals surface area contributed by atoms with Gasteiger partial charge in [0.1, 0.15) is 5.82 Å². The SMILES string of the molecule is CC(C)c1ccc(C(O)Cc2cccc(F)c2Cl)cc1. The minimum atomic E-state index is -0.685. The van der Waals surface area contributed by atoms with E-state index in [1.54, 1.807) is 12.1 Å². The van der Waals surface area contributed by atoms with Gasteiger partial charge in [-0.2, -0.15) is 0 Å². The minimum absolute atomic E-state index is 0.0883. The highest BCUT2D eigenvalue weighted by molar-refractivity contribution is 6.31. The van der Waals surface area contributed by atoms with Crippen molar-refractivity contribution in [3.8, 4) is 0 Å². The molecule has 0 saturated heterocycles. The van der Waals surface area contributed by atoms with Gasteiger partial charge in [-0.3, -0.25) is 0 Å². The summed E-state index contributed by atoms with van der Waals surface area (Å²) >= 11 is 5.91. The van der Waals surface area contributed by atoms with Crippen LogP contribution in [-0.4, -0.2) is 5.11 Å². The Bertz CT molecular complexity index is 578. The predicted octanol–water partition coefficient (Wildman–Crippen LogP) is 4.88. The first-order valence-electron chi connectivity index (χ1n) is 6.70. The fraction of sp³-hybridized carbons (Fsp3) is 0.294. The van der Waals surface area contributed by atoms with Crippen molar-refractivity contribution >= 4 is 11.6 Å². The average molecular weight is 293 g/mol. The van der Waals surface area contributed by atoms with Gasteiger partial charge in [0, 0.05) is 6.42 Å². The number of halogens is 2. The van der Waals surface area contributed by atoms with E-state index in [1.807, 2.05) is 24.3 Å². The van der Waals surface area contributed by atoms with Crippen LogP contribution in [0.15, 0.2) is 42.5 Å². The second-order valence-electron chi connectivity index (χ2n) is 5.25. The Balaban J connectivity index is 2.15. The standard InChI is InChI=1S/C17H18ClFO/c1-11(2)12-6-8-13(9-7-12)16(20)10-14-4-3-5-15(19)17(14)18/h3-9,11,16,20H,10H2,1-2H3. The molecule has 0 heterocycles. The number of rotatable bonds is 4. The molecule has 0 saturated carbocycles. The topological polar surface area (TPSA) is 20.2 Å². The molecule has 0 aromatic heterocycles. The minimum Gasteiger partial charge on any atom is -0.388 e. The first-order chi connectivity index (χ1) is 9.49. The number of benzene rings is 2. The first kappa shape index (κ1) is 15.0. The zero-order chi connectivity index (χ0) is 14.7. The van der Waals surface area contributed by atoms with E-state index in [4.69, 9.17) is 11.6 Å². The van der Waals surface area contributed by atoms with Crippen LogP contribution in [0.1, 0.15) is 42.6 Å². The molecule has 20 heavy (non-hydrogen) atoms. The maximum absolute atomic E-state index is 13.4. The quantitative estimate of drug-likeness (QED) is 0.851. The van der Waals surface area contributed by atoms with Crippen LogP contribution in [0.5, 0.6) is 0 Å². The van der Waals surface area contributed by atoms with Crippen molar-refractivity contribution in [2.45, 2.75) is 32.3 Å². The molecule has 2 aromatic carbocycles. The van der Waals surface area contributed by atoms with Gasteiger partial charge < -0.3 is 5.11 Å². The second-order valence-corrected chi connectivity index (χ2v) is 5.63. The molecular formula is C17H18ClFO. The lowest BCUT2D eigenvalue weighted by molar-refractivity contribution is 0.178. The normalized spacial score (nSPS) is 12.7. The van der Waals surface area contributed by atoms with E-state index >= 15 is 0 Å². The zero-order valence-corrected chi connectivity index (χ0v) is 12.4. The summed E-state index contributed by atoms with van der Waals surface area (Å²) in [5.74, 6) is 0.00498. The fourth-order valence-electron chi connectivity index (χ4n) is 2.14. The van der Waals surface area contributed by atoms with Crippen LogP contribution in [0.25, 0.3) is 0 Å². The van der Waals surface area contributed by atoms with Crippen LogP contribution >= 0.6 is 11.6 Å². The molecule has 0 radical (unpaired) electrons. The van der Waals surface area contributed by atoms with Crippen LogP contribution in [0, 0.1) is 5.82 Å². The summed E-state index contributed by atoms with van der Waals surface area (Å²) in [7, 11) is 0. The molecule has 0 fully saturated rings. The number of aliphatic hydroxyl groups excluding tert-OH is 1. The molecule has 2 aromatic rings. The Morgan fingerprint density at radius 1 is 1.05 bits per heavy atom. The maximum Gasteiger partial charge on any atom is 0.142 e. The third-order valence-electron chi connectivity index (χ3n) is 3.43. The van der Waals surface area contributed by atoms with Crippen molar-refractivity contribution in [2.75, 3.05) is 0 Å². The molecule has 0 amide bonds. The lowest BCUT2D eigenvalue weighted by Gasteiger charge is -2.14. The molecule has 2 rings (SSSR count). The molecule has 1 unspecified atom stereocenters. The molecule has 106 valence electrons. The Hall–Kier alpha value is -1.38. The number of hydrogen-bond acceptors (Lipinski definition) is 1. The Morgan fingerprint density at radius 3 is 2.25 bits per heavy atom. The van der Waals surface area contributed by atoms with Crippen molar-refractivity contribution in [3.63, 3.8) is 0 Å². The molecule has 0 aliphatic rings. The van der Waals surface area contributed by atoms with E-state index < -0.39 is 11.9 Å². The van der Waals surface area contributed by atoms with Crippen LogP contribution in [0.4, 0.5) is 4.39 Å². The maximum atomic E-state index is 13.4. The van der Waals surface area contributed by atoms with Crippen molar-refractivity contribution in [1.82, 2.24) is 0 Å². The molecule has 0 aliphatic heterocycles. The van der Waals surface area contributed by atoms with Gasteiger partial charge in [-0.05, 0) is 28.7 Å². The van der Waals surface area contributed by atoms with Crippen molar-refractivity contribution in [1.29, 1.82) is 0 Å². The van der Waals surface area contributed by atoms with E-state index in [2.05, 4.69) is 13.8 Å². The summed E-state index contributed by atoms with van der Waals surface area (Å²) in [5.41, 5.74) is 2.66. The van der Waals surface area contributed by atoms with Crippen LogP contribution in [-0.2, 0) is 6.42 Å². The van der Waals surface area contributed by atoms with Gasteiger partial charge in [-0.15, -0.1) is 0 Å². The zero-order valence-electron chi connectivity index (χ0n) is 11.6. The van der Waals surface area contributed by atoms with E-state index in [9.17, 15) is 9.50 Å². The van der Waals surface area contributed by atoms with E-state index in [0.29, 0.717) is 17.9 Å². The lowest BCUT2D eigenvalue weighted by atomic mass is 9.97. The van der Waals surface area contributed by atoms with E-state index in [1.165, 1.54) is 11.6 Å². The summed E-state index contributed by atoms with van der Waals surface area (Å²) in [5, 5.41) is 10.3. The van der Waals surface area contributed by atoms with Gasteiger partial charge in [-0.25, -0.2) is 4.39 Å². The van der Waals surface area contributed by atoms with E-state index in [0.717, 1.165) is 5.56 Å². The van der Waals surface area contributed by atoms with Gasteiger partial charge in [0.25, 0.3) is 0 Å². The molecule has 0 spiro atoms. The van der Waals surface area contributed by atoms with Crippen molar-refractivity contribution in [3.05, 3.63) is 70.0 Å². The summed E-state index contributed by atoms with van der Waals surface area (Å²) in [6, 6.07) is 12.5. The largest absolute Gasteiger partial charge is 0.388 e. The van der Waals surface area contributed by atoms with Crippen molar-refractivity contribution in [2.24, 2.45) is 0 Å². The Morgan fingerprint density at radius 2 is 1.65 bits per heavy atom. The lowest BCUT2D eigenvalue weighted by Crippen LogP contribution is -2.03. The van der Waals surface area contributed by atoms with Gasteiger partial charge in [-0.1, -0.05) is 61.8 Å². The molecule has 1 nitrogen and oxygen atoms in total. The number of hydrogen-bond donors (Lipinski definition) is 1. The van der Waals surface area contributed by atoms with Crippen molar-refractivity contribution < 1.29 is 9.50 Å². The average Bonchev–Trinajstić information content (AvgIpc) is 2.44. The first-order valence-corrected chi connectivity index (χ1v) is 7.07. The third-order valence-corrected chi connectivity index (χ3v) is 3.86. The third kappa shape index (κ3) is 3.38. The molecule has 0 bridgehead atoms. The highest BCUT2D eigenvalue weighted by Gasteiger charge is 2.13. The number of aliphatic hydroxyl groups is 1. The summed E-state index contributed by atoms with van der Waals surface area (Å²) < 4.78 is 13.4. The highest BCUT2D eigenvalue weighted by atomic mass is 35.5. The van der Waals surface area contributed by atoms with Gasteiger partial charge in [0.2, 0.25) is 0 Å². The summed E-state index contributed by atoms with van der Waals surface area (Å²) in [6.45, 7) is 4.25. The monoisotopic (exact) mass is 292 g/mol. The predicted molar refractivity (Wildman–Crippen MR) is 80.6 cm³/mol. The summed E-state index contributed by atoms with van der Waals surface area (Å²) in [4.78, 5) is 0. The van der Waals surface area contributed by atoms with Crippen LogP contribution in [0.2, 0.25) is 5.02 Å². The molecular weight excluding hydrogens is 275 g/mol.